The molecule has 0 aliphatic rings. The molecule has 0 fully saturated rings. The maximum absolute atomic E-state index is 12.6. The lowest BCUT2D eigenvalue weighted by atomic mass is 10.1. The largest absolute Gasteiger partial charge is 0.477 e. The predicted molar refractivity (Wildman–Crippen MR) is 120 cm³/mol. The molecule has 3 N–H and O–H groups in total. The zero-order valence-electron chi connectivity index (χ0n) is 15.9. The quantitative estimate of drug-likeness (QED) is 0.426. The van der Waals surface area contributed by atoms with Gasteiger partial charge in [0.1, 0.15) is 4.88 Å². The molecule has 5 nitrogen and oxygen atoms in total. The van der Waals surface area contributed by atoms with Crippen molar-refractivity contribution in [2.45, 2.75) is 13.8 Å². The predicted octanol–water partition coefficient (Wildman–Crippen LogP) is 6.08. The second-order valence-corrected chi connectivity index (χ2v) is 7.03. The summed E-state index contributed by atoms with van der Waals surface area (Å²) >= 11 is 2.43. The third-order valence-corrected chi connectivity index (χ3v) is 5.14. The summed E-state index contributed by atoms with van der Waals surface area (Å²) in [4.78, 5) is 24.7. The normalized spacial score (nSPS) is 9.82. The van der Waals surface area contributed by atoms with Crippen molar-refractivity contribution >= 4 is 46.5 Å². The van der Waals surface area contributed by atoms with Gasteiger partial charge in [-0.3, -0.25) is 4.79 Å². The molecule has 0 aliphatic carbocycles. The van der Waals surface area contributed by atoms with Gasteiger partial charge in [-0.05, 0) is 29.8 Å². The summed E-state index contributed by atoms with van der Waals surface area (Å²) in [6, 6.07) is 18.1. The number of amides is 1. The molecule has 146 valence electrons. The first-order chi connectivity index (χ1) is 13.6. The molecule has 0 saturated heterocycles. The molecule has 0 radical (unpaired) electrons. The van der Waals surface area contributed by atoms with Crippen LogP contribution in [-0.4, -0.2) is 23.2 Å². The fourth-order valence-corrected chi connectivity index (χ4v) is 3.74. The fourth-order valence-electron chi connectivity index (χ4n) is 2.46. The summed E-state index contributed by atoms with van der Waals surface area (Å²) in [5, 5.41) is 12.3. The maximum Gasteiger partial charge on any atom is 0.346 e. The molecule has 2 aromatic carbocycles. The first-order valence-corrected chi connectivity index (χ1v) is 10.8. The average Bonchev–Trinajstić information content (AvgIpc) is 3.17. The van der Waals surface area contributed by atoms with Gasteiger partial charge in [0, 0.05) is 23.2 Å². The van der Waals surface area contributed by atoms with E-state index >= 15 is 0 Å². The van der Waals surface area contributed by atoms with Crippen LogP contribution in [0.1, 0.15) is 33.2 Å². The third-order valence-electron chi connectivity index (χ3n) is 3.58. The molecule has 0 unspecified atom stereocenters. The number of carbonyl (C=O) groups excluding carboxylic acids is 1. The van der Waals surface area contributed by atoms with Crippen LogP contribution < -0.4 is 10.0 Å². The monoisotopic (exact) mass is 414 g/mol. The molecule has 0 spiro atoms. The standard InChI is InChI=1S/C19H16N2O3S2.C2H6/c1-25-21-14-9-5-8-13(10-14)20-18(22)16-11-15(17(26-16)19(23)24)12-6-3-2-4-7-12;1-2/h2-11,21H,1H3,(H,20,22)(H,23,24);1-2H3. The van der Waals surface area contributed by atoms with E-state index in [0.29, 0.717) is 16.1 Å². The van der Waals surface area contributed by atoms with E-state index < -0.39 is 5.97 Å². The van der Waals surface area contributed by atoms with Gasteiger partial charge in [0.15, 0.2) is 0 Å². The molecule has 1 aromatic heterocycles. The van der Waals surface area contributed by atoms with Crippen LogP contribution in [0.15, 0.2) is 60.7 Å². The number of carbonyl (C=O) groups is 2. The van der Waals surface area contributed by atoms with E-state index in [1.165, 1.54) is 11.9 Å². The molecular formula is C21H22N2O3S2. The number of nitrogens with one attached hydrogen (secondary N) is 2. The van der Waals surface area contributed by atoms with Gasteiger partial charge in [-0.2, -0.15) is 0 Å². The van der Waals surface area contributed by atoms with E-state index in [4.69, 9.17) is 0 Å². The Hall–Kier alpha value is -2.77. The Morgan fingerprint density at radius 3 is 2.29 bits per heavy atom. The number of thiophene rings is 1. The fraction of sp³-hybridized carbons (Fsp3) is 0.143. The van der Waals surface area contributed by atoms with Crippen molar-refractivity contribution in [2.24, 2.45) is 0 Å². The molecule has 0 saturated carbocycles. The summed E-state index contributed by atoms with van der Waals surface area (Å²) in [7, 11) is 0. The van der Waals surface area contributed by atoms with Crippen LogP contribution in [0.4, 0.5) is 11.4 Å². The Bertz CT molecular complexity index is 940. The van der Waals surface area contributed by atoms with Gasteiger partial charge < -0.3 is 15.1 Å². The first kappa shape index (κ1) is 21.5. The number of benzene rings is 2. The van der Waals surface area contributed by atoms with E-state index in [0.717, 1.165) is 22.6 Å². The van der Waals surface area contributed by atoms with Crippen molar-refractivity contribution in [3.05, 3.63) is 70.4 Å². The van der Waals surface area contributed by atoms with Crippen LogP contribution >= 0.6 is 23.3 Å². The molecule has 1 heterocycles. The third kappa shape index (κ3) is 5.37. The topological polar surface area (TPSA) is 78.4 Å². The Labute approximate surface area is 172 Å². The van der Waals surface area contributed by atoms with Gasteiger partial charge in [0.25, 0.3) is 5.91 Å². The molecule has 3 rings (SSSR count). The van der Waals surface area contributed by atoms with Gasteiger partial charge in [0.05, 0.1) is 4.88 Å². The Balaban J connectivity index is 0.00000136. The SMILES string of the molecule is CC.CSNc1cccc(NC(=O)c2cc(-c3ccccc3)c(C(=O)O)s2)c1. The van der Waals surface area contributed by atoms with Gasteiger partial charge in [-0.25, -0.2) is 4.79 Å². The highest BCUT2D eigenvalue weighted by molar-refractivity contribution is 7.99. The van der Waals surface area contributed by atoms with Crippen LogP contribution in [0.5, 0.6) is 0 Å². The van der Waals surface area contributed by atoms with Crippen molar-refractivity contribution in [3.63, 3.8) is 0 Å². The lowest BCUT2D eigenvalue weighted by molar-refractivity contribution is 0.0702. The van der Waals surface area contributed by atoms with Gasteiger partial charge in [0.2, 0.25) is 0 Å². The van der Waals surface area contributed by atoms with Crippen LogP contribution in [0.25, 0.3) is 11.1 Å². The number of anilines is 2. The Morgan fingerprint density at radius 2 is 1.64 bits per heavy atom. The van der Waals surface area contributed by atoms with E-state index in [-0.39, 0.29) is 10.8 Å². The Kier molecular flexibility index (Phi) is 8.10. The van der Waals surface area contributed by atoms with Crippen LogP contribution in [0.2, 0.25) is 0 Å². The summed E-state index contributed by atoms with van der Waals surface area (Å²) in [5.74, 6) is -1.37. The molecule has 0 aliphatic heterocycles. The molecule has 28 heavy (non-hydrogen) atoms. The smallest absolute Gasteiger partial charge is 0.346 e. The second-order valence-electron chi connectivity index (χ2n) is 5.37. The van der Waals surface area contributed by atoms with Crippen molar-refractivity contribution in [1.82, 2.24) is 0 Å². The van der Waals surface area contributed by atoms with E-state index in [2.05, 4.69) is 10.0 Å². The highest BCUT2D eigenvalue weighted by atomic mass is 32.2. The zero-order valence-corrected chi connectivity index (χ0v) is 17.5. The first-order valence-electron chi connectivity index (χ1n) is 8.71. The summed E-state index contributed by atoms with van der Waals surface area (Å²) in [6.45, 7) is 4.00. The molecular weight excluding hydrogens is 392 g/mol. The van der Waals surface area contributed by atoms with Crippen LogP contribution in [0.3, 0.4) is 0 Å². The van der Waals surface area contributed by atoms with E-state index in [1.54, 1.807) is 12.1 Å². The number of aromatic carboxylic acids is 1. The number of hydrogen-bond acceptors (Lipinski definition) is 5. The van der Waals surface area contributed by atoms with Gasteiger partial charge in [-0.1, -0.05) is 62.2 Å². The maximum atomic E-state index is 12.6. The van der Waals surface area contributed by atoms with Gasteiger partial charge >= 0.3 is 5.97 Å². The molecule has 7 heteroatoms. The average molecular weight is 415 g/mol. The molecule has 1 amide bonds. The highest BCUT2D eigenvalue weighted by Gasteiger charge is 2.20. The minimum absolute atomic E-state index is 0.152. The number of carboxylic acid groups (broad SMARTS) is 1. The van der Waals surface area contributed by atoms with Crippen LogP contribution in [-0.2, 0) is 0 Å². The lowest BCUT2D eigenvalue weighted by Gasteiger charge is -2.06. The zero-order chi connectivity index (χ0) is 20.5. The van der Waals surface area contributed by atoms with Gasteiger partial charge in [-0.15, -0.1) is 11.3 Å². The van der Waals surface area contributed by atoms with E-state index in [1.807, 2.05) is 68.6 Å². The minimum atomic E-state index is -1.04. The molecule has 0 atom stereocenters. The number of rotatable bonds is 6. The van der Waals surface area contributed by atoms with E-state index in [9.17, 15) is 14.7 Å². The summed E-state index contributed by atoms with van der Waals surface area (Å²) in [5.41, 5.74) is 2.83. The summed E-state index contributed by atoms with van der Waals surface area (Å²) in [6.07, 6.45) is 1.91. The minimum Gasteiger partial charge on any atom is -0.477 e. The van der Waals surface area contributed by atoms with Crippen molar-refractivity contribution < 1.29 is 14.7 Å². The number of hydrogen-bond donors (Lipinski definition) is 3. The van der Waals surface area contributed by atoms with Crippen LogP contribution in [0, 0.1) is 0 Å². The molecule has 3 aromatic rings. The highest BCUT2D eigenvalue weighted by Crippen LogP contribution is 2.32. The summed E-state index contributed by atoms with van der Waals surface area (Å²) < 4.78 is 3.10. The van der Waals surface area contributed by atoms with Crippen molar-refractivity contribution in [3.8, 4) is 11.1 Å². The van der Waals surface area contributed by atoms with Crippen molar-refractivity contribution in [2.75, 3.05) is 16.3 Å². The lowest BCUT2D eigenvalue weighted by Crippen LogP contribution is -2.10. The number of carboxylic acids is 1. The van der Waals surface area contributed by atoms with Crippen molar-refractivity contribution in [1.29, 1.82) is 0 Å². The Morgan fingerprint density at radius 1 is 0.964 bits per heavy atom. The second kappa shape index (κ2) is 10.5. The molecule has 0 bridgehead atoms.